The van der Waals surface area contributed by atoms with Gasteiger partial charge in [0.05, 0.1) is 31.7 Å². The highest BCUT2D eigenvalue weighted by atomic mass is 16.5. The number of hydrogen-bond donors (Lipinski definition) is 1. The molecule has 2 atom stereocenters. The van der Waals surface area contributed by atoms with Gasteiger partial charge in [0.1, 0.15) is 11.5 Å². The van der Waals surface area contributed by atoms with Crippen molar-refractivity contribution < 1.29 is 19.1 Å². The van der Waals surface area contributed by atoms with Gasteiger partial charge in [-0.25, -0.2) is 0 Å². The van der Waals surface area contributed by atoms with Crippen molar-refractivity contribution in [3.05, 3.63) is 18.2 Å². The van der Waals surface area contributed by atoms with Crippen LogP contribution in [0.25, 0.3) is 0 Å². The number of likely N-dealkylation sites (N-methyl/N-ethyl adjacent to an activating group) is 1. The SMILES string of the molecule is COc1ccc(NC(=O)C2CC2C(=O)N2CCN(C)CC2)c(OC)c1. The average molecular weight is 347 g/mol. The van der Waals surface area contributed by atoms with Gasteiger partial charge in [-0.2, -0.15) is 0 Å². The van der Waals surface area contributed by atoms with Crippen LogP contribution in [0.15, 0.2) is 18.2 Å². The Kier molecular flexibility index (Phi) is 5.13. The Bertz CT molecular complexity index is 656. The quantitative estimate of drug-likeness (QED) is 0.862. The van der Waals surface area contributed by atoms with E-state index in [1.54, 1.807) is 32.4 Å². The predicted octanol–water partition coefficient (Wildman–Crippen LogP) is 1.05. The summed E-state index contributed by atoms with van der Waals surface area (Å²) in [6.45, 7) is 3.26. The molecule has 0 aromatic heterocycles. The van der Waals surface area contributed by atoms with Gasteiger partial charge >= 0.3 is 0 Å². The molecule has 136 valence electrons. The molecule has 2 aliphatic rings. The number of carbonyl (C=O) groups is 2. The molecule has 1 saturated heterocycles. The first-order valence-corrected chi connectivity index (χ1v) is 8.53. The van der Waals surface area contributed by atoms with E-state index in [1.165, 1.54) is 0 Å². The lowest BCUT2D eigenvalue weighted by molar-refractivity contribution is -0.135. The Morgan fingerprint density at radius 2 is 1.80 bits per heavy atom. The first-order valence-electron chi connectivity index (χ1n) is 8.53. The highest BCUT2D eigenvalue weighted by Crippen LogP contribution is 2.41. The summed E-state index contributed by atoms with van der Waals surface area (Å²) in [5.41, 5.74) is 0.589. The number of nitrogens with zero attached hydrogens (tertiary/aromatic N) is 2. The maximum Gasteiger partial charge on any atom is 0.228 e. The predicted molar refractivity (Wildman–Crippen MR) is 93.8 cm³/mol. The molecule has 1 aliphatic carbocycles. The van der Waals surface area contributed by atoms with Crippen molar-refractivity contribution >= 4 is 17.5 Å². The molecular formula is C18H25N3O4. The van der Waals surface area contributed by atoms with Crippen molar-refractivity contribution in [1.29, 1.82) is 0 Å². The molecule has 2 unspecified atom stereocenters. The largest absolute Gasteiger partial charge is 0.497 e. The lowest BCUT2D eigenvalue weighted by atomic mass is 10.2. The fourth-order valence-electron chi connectivity index (χ4n) is 3.15. The summed E-state index contributed by atoms with van der Waals surface area (Å²) < 4.78 is 10.4. The summed E-state index contributed by atoms with van der Waals surface area (Å²) in [5, 5.41) is 2.87. The zero-order valence-electron chi connectivity index (χ0n) is 14.9. The van der Waals surface area contributed by atoms with Crippen LogP contribution in [0.3, 0.4) is 0 Å². The minimum atomic E-state index is -0.251. The molecule has 1 aromatic rings. The number of piperazine rings is 1. The van der Waals surface area contributed by atoms with Crippen molar-refractivity contribution in [3.8, 4) is 11.5 Å². The minimum absolute atomic E-state index is 0.106. The lowest BCUT2D eigenvalue weighted by Crippen LogP contribution is -2.48. The average Bonchev–Trinajstić information content (AvgIpc) is 3.43. The molecule has 0 bridgehead atoms. The third-order valence-corrected chi connectivity index (χ3v) is 4.93. The van der Waals surface area contributed by atoms with E-state index in [4.69, 9.17) is 9.47 Å². The summed E-state index contributed by atoms with van der Waals surface area (Å²) in [4.78, 5) is 29.1. The number of ether oxygens (including phenoxy) is 2. The van der Waals surface area contributed by atoms with Crippen LogP contribution in [-0.4, -0.2) is 69.1 Å². The Labute approximate surface area is 147 Å². The molecular weight excluding hydrogens is 322 g/mol. The summed E-state index contributed by atoms with van der Waals surface area (Å²) >= 11 is 0. The zero-order valence-corrected chi connectivity index (χ0v) is 14.9. The molecule has 7 nitrogen and oxygen atoms in total. The number of hydrogen-bond acceptors (Lipinski definition) is 5. The molecule has 3 rings (SSSR count). The van der Waals surface area contributed by atoms with Crippen LogP contribution in [-0.2, 0) is 9.59 Å². The van der Waals surface area contributed by atoms with Gasteiger partial charge in [-0.3, -0.25) is 9.59 Å². The van der Waals surface area contributed by atoms with Crippen molar-refractivity contribution in [3.63, 3.8) is 0 Å². The maximum atomic E-state index is 12.5. The van der Waals surface area contributed by atoms with Gasteiger partial charge in [0, 0.05) is 32.2 Å². The first-order chi connectivity index (χ1) is 12.0. The van der Waals surface area contributed by atoms with Crippen LogP contribution in [0.1, 0.15) is 6.42 Å². The number of anilines is 1. The summed E-state index contributed by atoms with van der Waals surface area (Å²) in [6, 6.07) is 5.22. The van der Waals surface area contributed by atoms with E-state index in [9.17, 15) is 9.59 Å². The third-order valence-electron chi connectivity index (χ3n) is 4.93. The van der Waals surface area contributed by atoms with E-state index in [0.29, 0.717) is 23.6 Å². The summed E-state index contributed by atoms with van der Waals surface area (Å²) in [5.74, 6) is 0.734. The molecule has 0 spiro atoms. The standard InChI is InChI=1S/C18H25N3O4/c1-20-6-8-21(9-7-20)18(23)14-11-13(14)17(22)19-15-5-4-12(24-2)10-16(15)25-3/h4-5,10,13-14H,6-9,11H2,1-3H3,(H,19,22). The molecule has 2 fully saturated rings. The second-order valence-corrected chi connectivity index (χ2v) is 6.63. The van der Waals surface area contributed by atoms with Crippen LogP contribution >= 0.6 is 0 Å². The third kappa shape index (κ3) is 3.87. The monoisotopic (exact) mass is 347 g/mol. The number of methoxy groups -OCH3 is 2. The fraction of sp³-hybridized carbons (Fsp3) is 0.556. The van der Waals surface area contributed by atoms with Gasteiger partial charge in [-0.1, -0.05) is 0 Å². The van der Waals surface area contributed by atoms with E-state index in [0.717, 1.165) is 26.2 Å². The highest BCUT2D eigenvalue weighted by Gasteiger charge is 2.49. The Morgan fingerprint density at radius 3 is 2.44 bits per heavy atom. The Morgan fingerprint density at radius 1 is 1.08 bits per heavy atom. The van der Waals surface area contributed by atoms with Gasteiger partial charge in [0.25, 0.3) is 0 Å². The number of amides is 2. The topological polar surface area (TPSA) is 71.1 Å². The summed E-state index contributed by atoms with van der Waals surface area (Å²) in [7, 11) is 5.17. The highest BCUT2D eigenvalue weighted by molar-refractivity contribution is 6.00. The smallest absolute Gasteiger partial charge is 0.228 e. The van der Waals surface area contributed by atoms with E-state index < -0.39 is 0 Å². The molecule has 1 aliphatic heterocycles. The van der Waals surface area contributed by atoms with Crippen molar-refractivity contribution in [2.75, 3.05) is 52.8 Å². The van der Waals surface area contributed by atoms with Crippen molar-refractivity contribution in [2.45, 2.75) is 6.42 Å². The van der Waals surface area contributed by atoms with E-state index >= 15 is 0 Å². The number of rotatable bonds is 5. The number of benzene rings is 1. The molecule has 7 heteroatoms. The number of carbonyl (C=O) groups excluding carboxylic acids is 2. The minimum Gasteiger partial charge on any atom is -0.497 e. The van der Waals surface area contributed by atoms with E-state index in [-0.39, 0.29) is 23.7 Å². The van der Waals surface area contributed by atoms with Crippen LogP contribution in [0.4, 0.5) is 5.69 Å². The van der Waals surface area contributed by atoms with Gasteiger partial charge in [0.15, 0.2) is 0 Å². The number of nitrogens with one attached hydrogen (secondary N) is 1. The van der Waals surface area contributed by atoms with Gasteiger partial charge < -0.3 is 24.6 Å². The van der Waals surface area contributed by atoms with Gasteiger partial charge in [-0.05, 0) is 25.6 Å². The fourth-order valence-corrected chi connectivity index (χ4v) is 3.15. The molecule has 2 amide bonds. The van der Waals surface area contributed by atoms with Gasteiger partial charge in [0.2, 0.25) is 11.8 Å². The normalized spacial score (nSPS) is 23.1. The first kappa shape index (κ1) is 17.5. The van der Waals surface area contributed by atoms with Crippen LogP contribution in [0.2, 0.25) is 0 Å². The Hall–Kier alpha value is -2.28. The van der Waals surface area contributed by atoms with E-state index in [1.807, 2.05) is 4.90 Å². The lowest BCUT2D eigenvalue weighted by Gasteiger charge is -2.32. The van der Waals surface area contributed by atoms with Crippen molar-refractivity contribution in [2.24, 2.45) is 11.8 Å². The molecule has 1 heterocycles. The second-order valence-electron chi connectivity index (χ2n) is 6.63. The Balaban J connectivity index is 1.57. The van der Waals surface area contributed by atoms with Crippen LogP contribution in [0.5, 0.6) is 11.5 Å². The molecule has 1 saturated carbocycles. The molecule has 1 N–H and O–H groups in total. The molecule has 0 radical (unpaired) electrons. The van der Waals surface area contributed by atoms with Crippen LogP contribution < -0.4 is 14.8 Å². The molecule has 1 aromatic carbocycles. The maximum absolute atomic E-state index is 12.5. The van der Waals surface area contributed by atoms with Gasteiger partial charge in [-0.15, -0.1) is 0 Å². The summed E-state index contributed by atoms with van der Waals surface area (Å²) in [6.07, 6.45) is 0.621. The zero-order chi connectivity index (χ0) is 18.0. The van der Waals surface area contributed by atoms with E-state index in [2.05, 4.69) is 17.3 Å². The van der Waals surface area contributed by atoms with Crippen LogP contribution in [0, 0.1) is 11.8 Å². The van der Waals surface area contributed by atoms with Crippen molar-refractivity contribution in [1.82, 2.24) is 9.80 Å². The molecule has 25 heavy (non-hydrogen) atoms. The second kappa shape index (κ2) is 7.31.